The van der Waals surface area contributed by atoms with Crippen LogP contribution in [0.4, 0.5) is 0 Å². The van der Waals surface area contributed by atoms with Crippen molar-refractivity contribution in [2.24, 2.45) is 22.7 Å². The second kappa shape index (κ2) is 6.69. The van der Waals surface area contributed by atoms with Gasteiger partial charge in [-0.3, -0.25) is 14.4 Å². The average Bonchev–Trinajstić information content (AvgIpc) is 2.83. The van der Waals surface area contributed by atoms with Gasteiger partial charge < -0.3 is 9.84 Å². The molecule has 3 aliphatic carbocycles. The molecule has 3 aliphatic rings. The molecule has 0 amide bonds. The van der Waals surface area contributed by atoms with Crippen molar-refractivity contribution >= 4 is 17.5 Å². The monoisotopic (exact) mass is 374 g/mol. The minimum absolute atomic E-state index is 0.107. The molecule has 0 spiro atoms. The van der Waals surface area contributed by atoms with E-state index in [4.69, 9.17) is 4.74 Å². The molecule has 0 aliphatic heterocycles. The fourth-order valence-corrected chi connectivity index (χ4v) is 5.59. The van der Waals surface area contributed by atoms with Gasteiger partial charge in [0.2, 0.25) is 0 Å². The number of carbonyl (C=O) groups is 3. The zero-order valence-electron chi connectivity index (χ0n) is 16.7. The van der Waals surface area contributed by atoms with Gasteiger partial charge in [0.25, 0.3) is 0 Å². The Kier molecular flexibility index (Phi) is 4.96. The van der Waals surface area contributed by atoms with Gasteiger partial charge in [-0.1, -0.05) is 39.8 Å². The summed E-state index contributed by atoms with van der Waals surface area (Å²) in [4.78, 5) is 37.8. The van der Waals surface area contributed by atoms with Crippen LogP contribution >= 0.6 is 0 Å². The largest absolute Gasteiger partial charge is 0.458 e. The zero-order valence-corrected chi connectivity index (χ0v) is 16.7. The number of ketones is 2. The second-order valence-electron chi connectivity index (χ2n) is 9.34. The molecule has 1 saturated carbocycles. The lowest BCUT2D eigenvalue weighted by molar-refractivity contribution is -0.153. The SMILES string of the molecule is C=C1C(=O)C2=C[C@@H]1C[C@@H](O)C(=O)[C@]1(C)CCCC(C)(C)[C@H]1C[C@H]2OC(C)=O. The molecule has 5 atom stereocenters. The summed E-state index contributed by atoms with van der Waals surface area (Å²) in [5.41, 5.74) is -0.0614. The van der Waals surface area contributed by atoms with E-state index < -0.39 is 23.6 Å². The van der Waals surface area contributed by atoms with Crippen molar-refractivity contribution < 1.29 is 24.2 Å². The Labute approximate surface area is 160 Å². The summed E-state index contributed by atoms with van der Waals surface area (Å²) in [6.07, 6.45) is 3.06. The van der Waals surface area contributed by atoms with Crippen LogP contribution < -0.4 is 0 Å². The topological polar surface area (TPSA) is 80.7 Å². The molecular weight excluding hydrogens is 344 g/mol. The van der Waals surface area contributed by atoms with E-state index in [2.05, 4.69) is 20.4 Å². The fraction of sp³-hybridized carbons (Fsp3) is 0.682. The van der Waals surface area contributed by atoms with E-state index in [-0.39, 0.29) is 35.2 Å². The van der Waals surface area contributed by atoms with Gasteiger partial charge in [-0.25, -0.2) is 0 Å². The molecule has 1 fully saturated rings. The number of aliphatic hydroxyl groups is 1. The predicted octanol–water partition coefficient (Wildman–Crippen LogP) is 3.16. The summed E-state index contributed by atoms with van der Waals surface area (Å²) in [6.45, 7) is 11.4. The summed E-state index contributed by atoms with van der Waals surface area (Å²) in [5, 5.41) is 10.7. The van der Waals surface area contributed by atoms with Gasteiger partial charge >= 0.3 is 5.97 Å². The van der Waals surface area contributed by atoms with E-state index in [1.807, 2.05) is 6.92 Å². The maximum atomic E-state index is 13.3. The van der Waals surface area contributed by atoms with Crippen LogP contribution in [-0.4, -0.2) is 34.9 Å². The van der Waals surface area contributed by atoms with Crippen molar-refractivity contribution in [1.29, 1.82) is 0 Å². The first-order valence-electron chi connectivity index (χ1n) is 9.82. The third-order valence-corrected chi connectivity index (χ3v) is 7.06. The molecule has 0 heterocycles. The van der Waals surface area contributed by atoms with Crippen molar-refractivity contribution in [1.82, 2.24) is 0 Å². The van der Waals surface area contributed by atoms with Gasteiger partial charge in [0.05, 0.1) is 0 Å². The van der Waals surface area contributed by atoms with Crippen LogP contribution in [0.15, 0.2) is 23.8 Å². The molecule has 27 heavy (non-hydrogen) atoms. The van der Waals surface area contributed by atoms with Crippen LogP contribution in [0.2, 0.25) is 0 Å². The molecule has 0 aromatic rings. The smallest absolute Gasteiger partial charge is 0.303 e. The first kappa shape index (κ1) is 20.0. The molecule has 0 aromatic carbocycles. The zero-order chi connectivity index (χ0) is 20.1. The maximum absolute atomic E-state index is 13.3. The first-order valence-corrected chi connectivity index (χ1v) is 9.82. The highest BCUT2D eigenvalue weighted by Gasteiger charge is 2.54. The maximum Gasteiger partial charge on any atom is 0.303 e. The normalized spacial score (nSPS) is 38.9. The highest BCUT2D eigenvalue weighted by atomic mass is 16.5. The van der Waals surface area contributed by atoms with Crippen LogP contribution in [-0.2, 0) is 19.1 Å². The standard InChI is InChI=1S/C22H30O5/c1-12-14-9-15(19(12)25)17(27-13(2)23)11-18-21(3,4)7-6-8-22(18,5)20(26)16(24)10-14/h9,14,16-18,24H,1,6-8,10-11H2,2-5H3/t14-,16-,17-,18-,22-/m1/s1. The Morgan fingerprint density at radius 3 is 2.52 bits per heavy atom. The lowest BCUT2D eigenvalue weighted by Crippen LogP contribution is -2.52. The van der Waals surface area contributed by atoms with Crippen LogP contribution in [0.1, 0.15) is 59.8 Å². The molecule has 148 valence electrons. The fourth-order valence-electron chi connectivity index (χ4n) is 5.59. The van der Waals surface area contributed by atoms with Crippen molar-refractivity contribution in [2.45, 2.75) is 72.0 Å². The van der Waals surface area contributed by atoms with Gasteiger partial charge in [0, 0.05) is 23.8 Å². The Morgan fingerprint density at radius 1 is 1.22 bits per heavy atom. The Hall–Kier alpha value is -1.75. The van der Waals surface area contributed by atoms with E-state index >= 15 is 0 Å². The Morgan fingerprint density at radius 2 is 1.89 bits per heavy atom. The molecular formula is C22H30O5. The number of rotatable bonds is 1. The van der Waals surface area contributed by atoms with Crippen LogP contribution in [0, 0.1) is 22.7 Å². The van der Waals surface area contributed by atoms with E-state index in [1.165, 1.54) is 6.92 Å². The van der Waals surface area contributed by atoms with E-state index in [9.17, 15) is 19.5 Å². The van der Waals surface area contributed by atoms with Crippen molar-refractivity contribution in [3.8, 4) is 0 Å². The quantitative estimate of drug-likeness (QED) is 0.563. The molecule has 3 rings (SSSR count). The molecule has 0 radical (unpaired) electrons. The lowest BCUT2D eigenvalue weighted by atomic mass is 9.52. The average molecular weight is 374 g/mol. The van der Waals surface area contributed by atoms with Crippen LogP contribution in [0.3, 0.4) is 0 Å². The molecule has 2 bridgehead atoms. The minimum atomic E-state index is -1.12. The number of hydrogen-bond acceptors (Lipinski definition) is 5. The number of allylic oxidation sites excluding steroid dienone is 2. The molecule has 1 N–H and O–H groups in total. The Bertz CT molecular complexity index is 731. The van der Waals surface area contributed by atoms with Crippen molar-refractivity contribution in [3.63, 3.8) is 0 Å². The van der Waals surface area contributed by atoms with Crippen molar-refractivity contribution in [3.05, 3.63) is 23.8 Å². The lowest BCUT2D eigenvalue weighted by Gasteiger charge is -2.51. The summed E-state index contributed by atoms with van der Waals surface area (Å²) in [6, 6.07) is 0. The number of esters is 1. The van der Waals surface area contributed by atoms with Gasteiger partial charge in [0.1, 0.15) is 12.2 Å². The molecule has 0 aromatic heterocycles. The highest BCUT2D eigenvalue weighted by Crippen LogP contribution is 2.55. The van der Waals surface area contributed by atoms with Gasteiger partial charge in [0.15, 0.2) is 11.6 Å². The summed E-state index contributed by atoms with van der Waals surface area (Å²) < 4.78 is 5.58. The number of ether oxygens (including phenoxy) is 1. The molecule has 0 saturated heterocycles. The third-order valence-electron chi connectivity index (χ3n) is 7.06. The number of aliphatic hydroxyl groups excluding tert-OH is 1. The van der Waals surface area contributed by atoms with Crippen molar-refractivity contribution in [2.75, 3.05) is 0 Å². The number of fused-ring (bicyclic) bond motifs is 2. The van der Waals surface area contributed by atoms with Gasteiger partial charge in [-0.15, -0.1) is 0 Å². The van der Waals surface area contributed by atoms with Crippen LogP contribution in [0.25, 0.3) is 0 Å². The van der Waals surface area contributed by atoms with E-state index in [1.54, 1.807) is 6.08 Å². The summed E-state index contributed by atoms with van der Waals surface area (Å²) in [5.74, 6) is -1.32. The Balaban J connectivity index is 2.12. The predicted molar refractivity (Wildman–Crippen MR) is 101 cm³/mol. The summed E-state index contributed by atoms with van der Waals surface area (Å²) in [7, 11) is 0. The second-order valence-corrected chi connectivity index (χ2v) is 9.34. The summed E-state index contributed by atoms with van der Waals surface area (Å²) >= 11 is 0. The number of hydrogen-bond donors (Lipinski definition) is 1. The molecule has 5 heteroatoms. The van der Waals surface area contributed by atoms with E-state index in [0.29, 0.717) is 24.0 Å². The van der Waals surface area contributed by atoms with Crippen LogP contribution in [0.5, 0.6) is 0 Å². The highest BCUT2D eigenvalue weighted by molar-refractivity contribution is 6.12. The molecule has 0 unspecified atom stereocenters. The minimum Gasteiger partial charge on any atom is -0.458 e. The van der Waals surface area contributed by atoms with Gasteiger partial charge in [-0.2, -0.15) is 0 Å². The van der Waals surface area contributed by atoms with E-state index in [0.717, 1.165) is 12.8 Å². The first-order chi connectivity index (χ1) is 12.5. The number of Topliss-reactive ketones (excluding diaryl/α,β-unsaturated/α-hetero) is 2. The third kappa shape index (κ3) is 3.31. The number of carbonyl (C=O) groups excluding carboxylic acids is 3. The molecule has 5 nitrogen and oxygen atoms in total. The van der Waals surface area contributed by atoms with Gasteiger partial charge in [-0.05, 0) is 42.6 Å².